The maximum atomic E-state index is 12.9. The molecule has 1 aliphatic rings. The predicted octanol–water partition coefficient (Wildman–Crippen LogP) is 6.98. The van der Waals surface area contributed by atoms with E-state index in [0.29, 0.717) is 48.9 Å². The van der Waals surface area contributed by atoms with Crippen molar-refractivity contribution in [2.45, 2.75) is 32.9 Å². The van der Waals surface area contributed by atoms with Crippen LogP contribution in [0.4, 0.5) is 4.79 Å². The molecule has 0 radical (unpaired) electrons. The molecule has 14 heteroatoms. The molecule has 0 fully saturated rings. The number of phenols is 2. The highest BCUT2D eigenvalue weighted by molar-refractivity contribution is 6.01. The molecule has 9 rings (SSSR count). The molecule has 14 nitrogen and oxygen atoms in total. The Morgan fingerprint density at radius 1 is 0.964 bits per heavy atom. The summed E-state index contributed by atoms with van der Waals surface area (Å²) < 4.78 is 22.3. The summed E-state index contributed by atoms with van der Waals surface area (Å²) in [6, 6.07) is 20.0. The number of benzene rings is 3. The molecule has 56 heavy (non-hydrogen) atoms. The first-order valence-electron chi connectivity index (χ1n) is 18.2. The highest BCUT2D eigenvalue weighted by Crippen LogP contribution is 2.37. The van der Waals surface area contributed by atoms with Crippen molar-refractivity contribution in [1.82, 2.24) is 34.0 Å². The number of nitrogens with one attached hydrogen (secondary N) is 2. The SMILES string of the molecule is CC(C)c1cc(-c2n[nH]c(=O)n2-c2ccc3c(ccn3CCOCCNC(=O)Oc3ccc4nc5c(cc4c3)cn3cc4c(cc53)C=COC4)c2)c(O)cc1O. The third-order valence-electron chi connectivity index (χ3n) is 10.1. The minimum atomic E-state index is -0.578. The second-order valence-electron chi connectivity index (χ2n) is 14.0. The average Bonchev–Trinajstić information content (AvgIpc) is 3.88. The number of amides is 1. The largest absolute Gasteiger partial charge is 0.508 e. The topological polar surface area (TPSA) is 170 Å². The summed E-state index contributed by atoms with van der Waals surface area (Å²) in [5, 5.41) is 33.1. The zero-order valence-corrected chi connectivity index (χ0v) is 30.5. The zero-order valence-electron chi connectivity index (χ0n) is 30.5. The van der Waals surface area contributed by atoms with Crippen molar-refractivity contribution in [2.24, 2.45) is 0 Å². The van der Waals surface area contributed by atoms with Crippen LogP contribution in [0.15, 0.2) is 96.4 Å². The molecule has 1 aliphatic heterocycles. The van der Waals surface area contributed by atoms with E-state index in [1.54, 1.807) is 18.4 Å². The van der Waals surface area contributed by atoms with Crippen LogP contribution >= 0.6 is 0 Å². The van der Waals surface area contributed by atoms with Crippen molar-refractivity contribution in [3.8, 4) is 34.3 Å². The molecule has 6 heterocycles. The lowest BCUT2D eigenvalue weighted by Gasteiger charge is -2.13. The number of carbonyl (C=O) groups excluding carboxylic acids is 1. The number of hydrogen-bond donors (Lipinski definition) is 4. The number of nitrogens with zero attached hydrogens (tertiary/aromatic N) is 5. The van der Waals surface area contributed by atoms with E-state index in [9.17, 15) is 19.8 Å². The molecule has 0 bridgehead atoms. The van der Waals surface area contributed by atoms with Gasteiger partial charge in [-0.3, -0.25) is 0 Å². The molecule has 5 aromatic heterocycles. The number of rotatable bonds is 10. The van der Waals surface area contributed by atoms with Crippen LogP contribution in [-0.4, -0.2) is 64.8 Å². The first-order valence-corrected chi connectivity index (χ1v) is 18.2. The maximum Gasteiger partial charge on any atom is 0.412 e. The summed E-state index contributed by atoms with van der Waals surface area (Å²) in [5.41, 5.74) is 6.95. The minimum Gasteiger partial charge on any atom is -0.508 e. The number of hydrogen-bond acceptors (Lipinski definition) is 9. The normalized spacial score (nSPS) is 12.6. The Labute approximate surface area is 318 Å². The summed E-state index contributed by atoms with van der Waals surface area (Å²) in [4.78, 5) is 30.4. The molecular weight excluding hydrogens is 715 g/mol. The Balaban J connectivity index is 0.794. The Bertz CT molecular complexity index is 2920. The third-order valence-corrected chi connectivity index (χ3v) is 10.1. The van der Waals surface area contributed by atoms with Crippen molar-refractivity contribution in [2.75, 3.05) is 19.8 Å². The number of phenolic OH excluding ortho intramolecular Hbond substituents is 2. The molecule has 0 saturated carbocycles. The number of H-pyrrole nitrogens is 1. The van der Waals surface area contributed by atoms with Crippen LogP contribution in [0.3, 0.4) is 0 Å². The maximum absolute atomic E-state index is 12.9. The summed E-state index contributed by atoms with van der Waals surface area (Å²) >= 11 is 0. The molecule has 0 saturated heterocycles. The molecule has 0 aliphatic carbocycles. The van der Waals surface area contributed by atoms with Crippen molar-refractivity contribution < 1.29 is 29.2 Å². The second kappa shape index (κ2) is 14.0. The van der Waals surface area contributed by atoms with E-state index in [0.717, 1.165) is 49.4 Å². The van der Waals surface area contributed by atoms with Crippen molar-refractivity contribution in [1.29, 1.82) is 0 Å². The molecule has 3 aromatic carbocycles. The average molecular weight is 752 g/mol. The summed E-state index contributed by atoms with van der Waals surface area (Å²) in [7, 11) is 0. The van der Waals surface area contributed by atoms with Gasteiger partial charge in [0.2, 0.25) is 0 Å². The van der Waals surface area contributed by atoms with Crippen LogP contribution in [0.1, 0.15) is 36.5 Å². The van der Waals surface area contributed by atoms with Gasteiger partial charge in [0.25, 0.3) is 0 Å². The Morgan fingerprint density at radius 3 is 2.73 bits per heavy atom. The Morgan fingerprint density at radius 2 is 1.86 bits per heavy atom. The van der Waals surface area contributed by atoms with Crippen LogP contribution in [-0.2, 0) is 22.6 Å². The molecule has 1 amide bonds. The first-order chi connectivity index (χ1) is 27.2. The third kappa shape index (κ3) is 6.35. The number of carbonyl (C=O) groups is 1. The minimum absolute atomic E-state index is 0.0124. The fourth-order valence-corrected chi connectivity index (χ4v) is 7.25. The number of aromatic hydroxyl groups is 2. The van der Waals surface area contributed by atoms with Crippen LogP contribution in [0.5, 0.6) is 17.2 Å². The lowest BCUT2D eigenvalue weighted by molar-refractivity contribution is 0.127. The standard InChI is InChI=1S/C42H37N7O7/c1-24(2)32-19-33(38(51)20-37(32)50)40-45-46-41(52)49(40)30-3-6-35-26(16-30)7-10-47(35)11-14-54-13-9-43-42(53)56-31-4-5-34-27(17-31)15-28-21-48-22-29-23-55-12-8-25(29)18-36(48)39(28)44-34/h3-8,10,12,15-22,24,50-51H,9,11,13-14,23H2,1-2H3,(H,43,53)(H,46,52). The fraction of sp³-hybridized carbons (Fsp3) is 0.190. The number of fused-ring (bicyclic) bond motifs is 6. The van der Waals surface area contributed by atoms with E-state index in [2.05, 4.69) is 32.2 Å². The second-order valence-corrected chi connectivity index (χ2v) is 14.0. The molecule has 0 unspecified atom stereocenters. The van der Waals surface area contributed by atoms with Crippen LogP contribution in [0, 0.1) is 0 Å². The van der Waals surface area contributed by atoms with Gasteiger partial charge in [-0.1, -0.05) is 13.8 Å². The lowest BCUT2D eigenvalue weighted by Crippen LogP contribution is -2.30. The van der Waals surface area contributed by atoms with E-state index in [1.807, 2.05) is 79.3 Å². The van der Waals surface area contributed by atoms with Gasteiger partial charge >= 0.3 is 11.8 Å². The van der Waals surface area contributed by atoms with Gasteiger partial charge < -0.3 is 38.7 Å². The van der Waals surface area contributed by atoms with Crippen molar-refractivity contribution in [3.63, 3.8) is 0 Å². The fourth-order valence-electron chi connectivity index (χ4n) is 7.25. The van der Waals surface area contributed by atoms with E-state index in [-0.39, 0.29) is 29.8 Å². The number of aromatic nitrogens is 6. The Kier molecular flexibility index (Phi) is 8.66. The van der Waals surface area contributed by atoms with E-state index < -0.39 is 11.8 Å². The number of aromatic amines is 1. The molecule has 8 aromatic rings. The van der Waals surface area contributed by atoms with Gasteiger partial charge in [0.05, 0.1) is 47.3 Å². The highest BCUT2D eigenvalue weighted by Gasteiger charge is 2.20. The monoisotopic (exact) mass is 751 g/mol. The van der Waals surface area contributed by atoms with Gasteiger partial charge in [-0.25, -0.2) is 24.2 Å². The summed E-state index contributed by atoms with van der Waals surface area (Å²) in [6.07, 6.45) is 9.15. The lowest BCUT2D eigenvalue weighted by atomic mass is 9.98. The smallest absolute Gasteiger partial charge is 0.412 e. The number of pyridine rings is 2. The predicted molar refractivity (Wildman–Crippen MR) is 211 cm³/mol. The number of ether oxygens (including phenoxy) is 3. The van der Waals surface area contributed by atoms with Crippen molar-refractivity contribution >= 4 is 50.4 Å². The van der Waals surface area contributed by atoms with Crippen LogP contribution in [0.25, 0.3) is 61.4 Å². The van der Waals surface area contributed by atoms with Crippen LogP contribution in [0.2, 0.25) is 0 Å². The summed E-state index contributed by atoms with van der Waals surface area (Å²) in [5.74, 6) is 0.423. The van der Waals surface area contributed by atoms with Gasteiger partial charge in [0.15, 0.2) is 5.82 Å². The van der Waals surface area contributed by atoms with Crippen molar-refractivity contribution in [3.05, 3.63) is 119 Å². The highest BCUT2D eigenvalue weighted by atomic mass is 16.6. The Hall–Kier alpha value is -7.06. The molecular formula is C42H37N7O7. The zero-order chi connectivity index (χ0) is 38.5. The molecule has 282 valence electrons. The molecule has 0 atom stereocenters. The van der Waals surface area contributed by atoms with Gasteiger partial charge in [0, 0.05) is 65.0 Å². The van der Waals surface area contributed by atoms with Gasteiger partial charge in [-0.2, -0.15) is 5.10 Å². The van der Waals surface area contributed by atoms with Gasteiger partial charge in [0.1, 0.15) is 23.9 Å². The molecule has 0 spiro atoms. The van der Waals surface area contributed by atoms with E-state index >= 15 is 0 Å². The van der Waals surface area contributed by atoms with E-state index in [4.69, 9.17) is 19.2 Å². The first kappa shape index (κ1) is 34.7. The van der Waals surface area contributed by atoms with Gasteiger partial charge in [-0.15, -0.1) is 0 Å². The molecule has 4 N–H and O–H groups in total. The summed E-state index contributed by atoms with van der Waals surface area (Å²) in [6.45, 7) is 5.92. The van der Waals surface area contributed by atoms with Gasteiger partial charge in [-0.05, 0) is 83.8 Å². The van der Waals surface area contributed by atoms with Crippen LogP contribution < -0.4 is 15.7 Å². The quantitative estimate of drug-likeness (QED) is 0.108. The van der Waals surface area contributed by atoms with E-state index in [1.165, 1.54) is 10.6 Å².